The van der Waals surface area contributed by atoms with Crippen molar-refractivity contribution in [2.75, 3.05) is 13.1 Å². The van der Waals surface area contributed by atoms with Crippen LogP contribution in [0.5, 0.6) is 0 Å². The van der Waals surface area contributed by atoms with E-state index in [0.29, 0.717) is 13.1 Å². The van der Waals surface area contributed by atoms with Gasteiger partial charge in [0.25, 0.3) is 5.91 Å². The zero-order valence-electron chi connectivity index (χ0n) is 10.6. The first kappa shape index (κ1) is 13.7. The van der Waals surface area contributed by atoms with Crippen LogP contribution in [0.1, 0.15) is 30.3 Å². The quantitative estimate of drug-likeness (QED) is 0.873. The lowest BCUT2D eigenvalue weighted by molar-refractivity contribution is -0.119. The highest BCUT2D eigenvalue weighted by atomic mass is 35.5. The molecule has 0 spiro atoms. The molecule has 1 aliphatic heterocycles. The van der Waals surface area contributed by atoms with E-state index >= 15 is 0 Å². The van der Waals surface area contributed by atoms with Crippen LogP contribution in [0.3, 0.4) is 0 Å². The number of piperidine rings is 1. The van der Waals surface area contributed by atoms with Crippen molar-refractivity contribution in [1.82, 2.24) is 20.2 Å². The third kappa shape index (κ3) is 3.64. The van der Waals surface area contributed by atoms with E-state index in [2.05, 4.69) is 15.3 Å². The molecular weight excluding hydrogens is 268 g/mol. The van der Waals surface area contributed by atoms with Crippen LogP contribution in [0.2, 0.25) is 5.15 Å². The third-order valence-electron chi connectivity index (χ3n) is 3.01. The Balaban J connectivity index is 1.94. The number of nitrogens with zero attached hydrogens (tertiary/aromatic N) is 3. The summed E-state index contributed by atoms with van der Waals surface area (Å²) in [5.74, 6) is -0.207. The van der Waals surface area contributed by atoms with E-state index in [9.17, 15) is 9.59 Å². The molecule has 7 heteroatoms. The van der Waals surface area contributed by atoms with Gasteiger partial charge in [0.15, 0.2) is 0 Å². The molecule has 1 aliphatic rings. The maximum absolute atomic E-state index is 12.2. The molecule has 6 nitrogen and oxygen atoms in total. The van der Waals surface area contributed by atoms with Crippen molar-refractivity contribution < 1.29 is 9.59 Å². The Morgan fingerprint density at radius 3 is 2.63 bits per heavy atom. The Labute approximate surface area is 116 Å². The van der Waals surface area contributed by atoms with E-state index in [0.717, 1.165) is 12.8 Å². The monoisotopic (exact) mass is 282 g/mol. The lowest BCUT2D eigenvalue weighted by Crippen LogP contribution is -2.46. The standard InChI is InChI=1S/C12H15ClN4O2/c1-8(18)15-9-2-4-17(5-3-9)12(19)10-6-14-7-11(13)16-10/h6-7,9H,2-5H2,1H3,(H,15,18). The number of carbonyl (C=O) groups is 2. The number of aromatic nitrogens is 2. The van der Waals surface area contributed by atoms with Gasteiger partial charge in [-0.25, -0.2) is 4.98 Å². The summed E-state index contributed by atoms with van der Waals surface area (Å²) in [5.41, 5.74) is 0.255. The Kier molecular flexibility index (Phi) is 4.31. The Hall–Kier alpha value is -1.69. The molecule has 0 atom stereocenters. The molecule has 0 unspecified atom stereocenters. The Morgan fingerprint density at radius 1 is 1.37 bits per heavy atom. The maximum atomic E-state index is 12.2. The van der Waals surface area contributed by atoms with Gasteiger partial charge in [-0.1, -0.05) is 11.6 Å². The van der Waals surface area contributed by atoms with Crippen LogP contribution in [0.4, 0.5) is 0 Å². The van der Waals surface area contributed by atoms with Gasteiger partial charge in [0.05, 0.1) is 12.4 Å². The molecule has 1 saturated heterocycles. The molecule has 0 radical (unpaired) electrons. The lowest BCUT2D eigenvalue weighted by Gasteiger charge is -2.31. The molecule has 1 N–H and O–H groups in total. The maximum Gasteiger partial charge on any atom is 0.274 e. The van der Waals surface area contributed by atoms with Crippen LogP contribution in [0.25, 0.3) is 0 Å². The van der Waals surface area contributed by atoms with Gasteiger partial charge in [-0.3, -0.25) is 14.6 Å². The number of rotatable bonds is 2. The van der Waals surface area contributed by atoms with E-state index < -0.39 is 0 Å². The van der Waals surface area contributed by atoms with Crippen LogP contribution in [0, 0.1) is 0 Å². The molecule has 1 fully saturated rings. The number of carbonyl (C=O) groups excluding carboxylic acids is 2. The number of likely N-dealkylation sites (tertiary alicyclic amines) is 1. The molecule has 2 heterocycles. The topological polar surface area (TPSA) is 75.2 Å². The van der Waals surface area contributed by atoms with Gasteiger partial charge in [0.2, 0.25) is 5.91 Å². The largest absolute Gasteiger partial charge is 0.353 e. The van der Waals surface area contributed by atoms with Crippen LogP contribution in [0.15, 0.2) is 12.4 Å². The third-order valence-corrected chi connectivity index (χ3v) is 3.20. The highest BCUT2D eigenvalue weighted by Gasteiger charge is 2.24. The van der Waals surface area contributed by atoms with E-state index in [4.69, 9.17) is 11.6 Å². The van der Waals surface area contributed by atoms with Crippen molar-refractivity contribution in [2.24, 2.45) is 0 Å². The predicted octanol–water partition coefficient (Wildman–Crippen LogP) is 0.871. The van der Waals surface area contributed by atoms with Gasteiger partial charge in [-0.15, -0.1) is 0 Å². The zero-order valence-corrected chi connectivity index (χ0v) is 11.4. The summed E-state index contributed by atoms with van der Waals surface area (Å²) in [6.45, 7) is 2.69. The predicted molar refractivity (Wildman–Crippen MR) is 69.8 cm³/mol. The second kappa shape index (κ2) is 5.97. The van der Waals surface area contributed by atoms with E-state index in [1.807, 2.05) is 0 Å². The molecule has 0 saturated carbocycles. The van der Waals surface area contributed by atoms with Crippen molar-refractivity contribution in [2.45, 2.75) is 25.8 Å². The Bertz CT molecular complexity index is 486. The molecule has 0 aromatic carbocycles. The fraction of sp³-hybridized carbons (Fsp3) is 0.500. The molecule has 1 aromatic rings. The summed E-state index contributed by atoms with van der Waals surface area (Å²) in [4.78, 5) is 32.6. The van der Waals surface area contributed by atoms with Gasteiger partial charge in [0, 0.05) is 26.1 Å². The van der Waals surface area contributed by atoms with Gasteiger partial charge < -0.3 is 10.2 Å². The SMILES string of the molecule is CC(=O)NC1CCN(C(=O)c2cncc(Cl)n2)CC1. The average Bonchev–Trinajstić information content (AvgIpc) is 2.38. The van der Waals surface area contributed by atoms with Gasteiger partial charge in [0.1, 0.15) is 10.8 Å². The number of hydrogen-bond acceptors (Lipinski definition) is 4. The average molecular weight is 283 g/mol. The van der Waals surface area contributed by atoms with Crippen LogP contribution in [-0.4, -0.2) is 45.8 Å². The number of halogens is 1. The first-order chi connectivity index (χ1) is 9.06. The smallest absolute Gasteiger partial charge is 0.274 e. The van der Waals surface area contributed by atoms with Crippen LogP contribution in [-0.2, 0) is 4.79 Å². The van der Waals surface area contributed by atoms with Gasteiger partial charge in [-0.05, 0) is 12.8 Å². The molecule has 2 rings (SSSR count). The van der Waals surface area contributed by atoms with Crippen molar-refractivity contribution in [1.29, 1.82) is 0 Å². The molecule has 0 bridgehead atoms. The number of amides is 2. The molecule has 1 aromatic heterocycles. The van der Waals surface area contributed by atoms with E-state index in [1.165, 1.54) is 19.3 Å². The summed E-state index contributed by atoms with van der Waals surface area (Å²) in [5, 5.41) is 3.07. The van der Waals surface area contributed by atoms with Crippen LogP contribution >= 0.6 is 11.6 Å². The zero-order chi connectivity index (χ0) is 13.8. The van der Waals surface area contributed by atoms with Crippen LogP contribution < -0.4 is 5.32 Å². The highest BCUT2D eigenvalue weighted by Crippen LogP contribution is 2.13. The van der Waals surface area contributed by atoms with Crippen molar-refractivity contribution in [3.63, 3.8) is 0 Å². The lowest BCUT2D eigenvalue weighted by atomic mass is 10.0. The molecule has 0 aliphatic carbocycles. The fourth-order valence-corrected chi connectivity index (χ4v) is 2.27. The van der Waals surface area contributed by atoms with Crippen molar-refractivity contribution in [3.05, 3.63) is 23.2 Å². The van der Waals surface area contributed by atoms with E-state index in [1.54, 1.807) is 4.90 Å². The minimum atomic E-state index is -0.170. The minimum Gasteiger partial charge on any atom is -0.353 e. The molecule has 19 heavy (non-hydrogen) atoms. The second-order valence-electron chi connectivity index (χ2n) is 4.49. The van der Waals surface area contributed by atoms with E-state index in [-0.39, 0.29) is 28.7 Å². The number of nitrogens with one attached hydrogen (secondary N) is 1. The normalized spacial score (nSPS) is 16.2. The van der Waals surface area contributed by atoms with Gasteiger partial charge >= 0.3 is 0 Å². The summed E-state index contributed by atoms with van der Waals surface area (Å²) >= 11 is 5.72. The first-order valence-corrected chi connectivity index (χ1v) is 6.48. The highest BCUT2D eigenvalue weighted by molar-refractivity contribution is 6.29. The number of hydrogen-bond donors (Lipinski definition) is 1. The Morgan fingerprint density at radius 2 is 2.05 bits per heavy atom. The second-order valence-corrected chi connectivity index (χ2v) is 4.88. The summed E-state index contributed by atoms with van der Waals surface area (Å²) in [7, 11) is 0. The first-order valence-electron chi connectivity index (χ1n) is 6.10. The summed E-state index contributed by atoms with van der Waals surface area (Å²) in [6, 6.07) is 0.145. The van der Waals surface area contributed by atoms with Crippen molar-refractivity contribution >= 4 is 23.4 Å². The fourth-order valence-electron chi connectivity index (χ4n) is 2.12. The van der Waals surface area contributed by atoms with Gasteiger partial charge in [-0.2, -0.15) is 0 Å². The molecular formula is C12H15ClN4O2. The van der Waals surface area contributed by atoms with Crippen molar-refractivity contribution in [3.8, 4) is 0 Å². The summed E-state index contributed by atoms with van der Waals surface area (Å²) in [6.07, 6.45) is 4.30. The molecule has 102 valence electrons. The molecule has 2 amide bonds. The summed E-state index contributed by atoms with van der Waals surface area (Å²) < 4.78 is 0. The minimum absolute atomic E-state index is 0.0366.